The molecule has 106 valence electrons. The number of hydrogen-bond donors (Lipinski definition) is 0. The Hall–Kier alpha value is 0.559. The van der Waals surface area contributed by atoms with Crippen LogP contribution in [0.3, 0.4) is 0 Å². The smallest absolute Gasteiger partial charge is 0.0226 e. The molecule has 0 saturated carbocycles. The van der Waals surface area contributed by atoms with Crippen molar-refractivity contribution in [2.45, 2.75) is 34.6 Å². The predicted octanol–water partition coefficient (Wildman–Crippen LogP) is 5.52. The summed E-state index contributed by atoms with van der Waals surface area (Å²) in [4.78, 5) is 0. The van der Waals surface area contributed by atoms with E-state index in [-0.39, 0.29) is 35.0 Å². The molecule has 0 saturated heterocycles. The summed E-state index contributed by atoms with van der Waals surface area (Å²) < 4.78 is 0. The quantitative estimate of drug-likeness (QED) is 0.348. The van der Waals surface area contributed by atoms with Crippen LogP contribution >= 0.6 is 7.92 Å². The van der Waals surface area contributed by atoms with Crippen LogP contribution in [0, 0.1) is 20.8 Å². The average molecular weight is 434 g/mol. The first-order valence-electron chi connectivity index (χ1n) is 5.09. The maximum atomic E-state index is 2.23. The van der Waals surface area contributed by atoms with Crippen molar-refractivity contribution in [2.75, 3.05) is 20.0 Å². The molecule has 0 aromatic heterocycles. The summed E-state index contributed by atoms with van der Waals surface area (Å²) in [6.07, 6.45) is 0. The molecule has 0 aromatic carbocycles. The zero-order valence-corrected chi connectivity index (χ0v) is 16.6. The first-order valence-corrected chi connectivity index (χ1v) is 7.77. The molecule has 1 aliphatic rings. The first kappa shape index (κ1) is 26.2. The summed E-state index contributed by atoms with van der Waals surface area (Å²) in [6, 6.07) is 0. The second kappa shape index (κ2) is 11.6. The Morgan fingerprint density at radius 2 is 0.765 bits per heavy atom. The van der Waals surface area contributed by atoms with Crippen LogP contribution in [0.4, 0.5) is 0 Å². The molecule has 0 spiro atoms. The van der Waals surface area contributed by atoms with Crippen molar-refractivity contribution in [3.8, 4) is 0 Å². The maximum absolute atomic E-state index is 2.23. The molecule has 1 rings (SSSR count). The van der Waals surface area contributed by atoms with E-state index in [1.165, 1.54) is 28.2 Å². The first-order chi connectivity index (χ1) is 6.29. The third kappa shape index (κ3) is 8.30. The van der Waals surface area contributed by atoms with Gasteiger partial charge in [0.1, 0.15) is 0 Å². The Balaban J connectivity index is -0.000000108. The molecule has 0 heterocycles. The molecule has 0 bridgehead atoms. The molecule has 0 atom stereocenters. The molecular formula is C15H30IrP-2. The van der Waals surface area contributed by atoms with Gasteiger partial charge in [0.2, 0.25) is 0 Å². The Bertz CT molecular complexity index is 235. The molecule has 0 nitrogen and oxygen atoms in total. The van der Waals surface area contributed by atoms with E-state index in [9.17, 15) is 0 Å². The molecule has 0 unspecified atom stereocenters. The Labute approximate surface area is 125 Å². The van der Waals surface area contributed by atoms with Crippen LogP contribution in [0.15, 0.2) is 22.3 Å². The van der Waals surface area contributed by atoms with Gasteiger partial charge in [0.25, 0.3) is 0 Å². The Morgan fingerprint density at radius 1 is 0.588 bits per heavy atom. The van der Waals surface area contributed by atoms with E-state index in [0.29, 0.717) is 7.92 Å². The molecular weight excluding hydrogens is 403 g/mol. The topological polar surface area (TPSA) is 0 Å². The number of rotatable bonds is 0. The normalized spacial score (nSPS) is 14.6. The molecule has 1 aliphatic carbocycles. The van der Waals surface area contributed by atoms with Crippen LogP contribution in [0.2, 0.25) is 0 Å². The second-order valence-electron chi connectivity index (χ2n) is 4.47. The van der Waals surface area contributed by atoms with Crippen LogP contribution in [-0.2, 0) is 20.1 Å². The van der Waals surface area contributed by atoms with Crippen LogP contribution in [0.5, 0.6) is 0 Å². The summed E-state index contributed by atoms with van der Waals surface area (Å²) in [7, 11) is 0.380. The standard InChI is InChI=1S/C10H15.C3H9P.2CH3.Ir/c1-6-7(2)9(4)10(5)8(6)3;1-4(2)3;;;/h1-5H3;1-3H3;2*1H3;/q;;2*-1;. The van der Waals surface area contributed by atoms with Gasteiger partial charge in [-0.3, -0.25) is 0 Å². The molecule has 17 heavy (non-hydrogen) atoms. The fourth-order valence-corrected chi connectivity index (χ4v) is 1.41. The van der Waals surface area contributed by atoms with Crippen molar-refractivity contribution in [3.63, 3.8) is 0 Å². The molecule has 0 aromatic rings. The van der Waals surface area contributed by atoms with Crippen molar-refractivity contribution in [3.05, 3.63) is 43.1 Å². The summed E-state index contributed by atoms with van der Waals surface area (Å²) >= 11 is 0. The zero-order valence-electron chi connectivity index (χ0n) is 13.3. The van der Waals surface area contributed by atoms with Crippen LogP contribution in [0.25, 0.3) is 0 Å². The van der Waals surface area contributed by atoms with E-state index < -0.39 is 0 Å². The number of hydrogen-bond acceptors (Lipinski definition) is 0. The van der Waals surface area contributed by atoms with Gasteiger partial charge in [-0.1, -0.05) is 18.1 Å². The molecule has 2 radical (unpaired) electrons. The van der Waals surface area contributed by atoms with Gasteiger partial charge in [-0.2, -0.15) is 0 Å². The van der Waals surface area contributed by atoms with Crippen LogP contribution < -0.4 is 0 Å². The molecule has 2 heteroatoms. The zero-order chi connectivity index (χ0) is 11.5. The Kier molecular flexibility index (Phi) is 17.9. The second-order valence-corrected chi connectivity index (χ2v) is 7.15. The Morgan fingerprint density at radius 3 is 0.824 bits per heavy atom. The van der Waals surface area contributed by atoms with Crippen molar-refractivity contribution >= 4 is 7.92 Å². The van der Waals surface area contributed by atoms with Crippen LogP contribution in [-0.4, -0.2) is 20.0 Å². The van der Waals surface area contributed by atoms with Gasteiger partial charge in [-0.15, -0.1) is 7.92 Å². The predicted molar refractivity (Wildman–Crippen MR) is 83.2 cm³/mol. The monoisotopic (exact) mass is 434 g/mol. The molecule has 0 N–H and O–H groups in total. The minimum atomic E-state index is 0. The average Bonchev–Trinajstić information content (AvgIpc) is 2.23. The van der Waals surface area contributed by atoms with Gasteiger partial charge in [-0.05, 0) is 58.8 Å². The van der Waals surface area contributed by atoms with Gasteiger partial charge < -0.3 is 14.9 Å². The molecule has 0 amide bonds. The van der Waals surface area contributed by atoms with Crippen LogP contribution in [0.1, 0.15) is 34.6 Å². The summed E-state index contributed by atoms with van der Waals surface area (Å²) in [5.41, 5.74) is 5.87. The minimum absolute atomic E-state index is 0. The number of allylic oxidation sites excluding steroid dienone is 4. The van der Waals surface area contributed by atoms with E-state index in [1.54, 1.807) is 0 Å². The van der Waals surface area contributed by atoms with Gasteiger partial charge >= 0.3 is 0 Å². The van der Waals surface area contributed by atoms with E-state index in [2.05, 4.69) is 54.6 Å². The van der Waals surface area contributed by atoms with Crippen molar-refractivity contribution in [1.82, 2.24) is 0 Å². The summed E-state index contributed by atoms with van der Waals surface area (Å²) in [5.74, 6) is 1.47. The fraction of sp³-hybridized carbons (Fsp3) is 0.533. The summed E-state index contributed by atoms with van der Waals surface area (Å²) in [5, 5.41) is 0. The van der Waals surface area contributed by atoms with Gasteiger partial charge in [-0.25, -0.2) is 0 Å². The van der Waals surface area contributed by atoms with E-state index in [1.807, 2.05) is 0 Å². The third-order valence-electron chi connectivity index (χ3n) is 2.81. The van der Waals surface area contributed by atoms with Gasteiger partial charge in [0.05, 0.1) is 0 Å². The van der Waals surface area contributed by atoms with Crippen molar-refractivity contribution in [2.24, 2.45) is 0 Å². The molecule has 0 fully saturated rings. The molecule has 0 aliphatic heterocycles. The minimum Gasteiger partial charge on any atom is -0.358 e. The summed E-state index contributed by atoms with van der Waals surface area (Å²) in [6.45, 7) is 17.7. The SMILES string of the molecule is CP(C)C.C[C]1C(C)=C(C)C(C)=C1C.[CH3-].[CH3-].[Ir]. The van der Waals surface area contributed by atoms with E-state index in [0.717, 1.165) is 0 Å². The van der Waals surface area contributed by atoms with E-state index >= 15 is 0 Å². The van der Waals surface area contributed by atoms with Gasteiger partial charge in [0.15, 0.2) is 0 Å². The third-order valence-corrected chi connectivity index (χ3v) is 2.81. The maximum Gasteiger partial charge on any atom is 0.0226 e. The van der Waals surface area contributed by atoms with Crippen molar-refractivity contribution < 1.29 is 20.1 Å². The van der Waals surface area contributed by atoms with Gasteiger partial charge in [0, 0.05) is 26.0 Å². The van der Waals surface area contributed by atoms with E-state index in [4.69, 9.17) is 0 Å². The fourth-order valence-electron chi connectivity index (χ4n) is 1.41. The largest absolute Gasteiger partial charge is 0.358 e. The van der Waals surface area contributed by atoms with Crippen molar-refractivity contribution in [1.29, 1.82) is 0 Å².